The molecular weight excluding hydrogens is 141 g/mol. The molecule has 0 saturated carbocycles. The van der Waals surface area contributed by atoms with Crippen LogP contribution in [0.5, 0.6) is 0 Å². The molecule has 1 aromatic rings. The van der Waals surface area contributed by atoms with Gasteiger partial charge in [0.05, 0.1) is 0 Å². The van der Waals surface area contributed by atoms with Gasteiger partial charge in [0.2, 0.25) is 0 Å². The smallest absolute Gasteiger partial charge is 0.141 e. The molecule has 0 saturated heterocycles. The van der Waals surface area contributed by atoms with E-state index in [1.165, 1.54) is 27.4 Å². The summed E-state index contributed by atoms with van der Waals surface area (Å²) in [6.45, 7) is 2.09. The summed E-state index contributed by atoms with van der Waals surface area (Å²) in [6.07, 6.45) is 0. The third kappa shape index (κ3) is 1.17. The average Bonchev–Trinajstić information content (AvgIpc) is 2.08. The Balaban J connectivity index is 3.60. The van der Waals surface area contributed by atoms with E-state index in [-0.39, 0.29) is 0 Å². The van der Waals surface area contributed by atoms with Crippen molar-refractivity contribution in [3.63, 3.8) is 0 Å². The lowest BCUT2D eigenvalue weighted by molar-refractivity contribution is 1.55. The molecule has 0 unspecified atom stereocenters. The highest BCUT2D eigenvalue weighted by Crippen LogP contribution is 1.98. The minimum Gasteiger partial charge on any atom is -0.399 e. The van der Waals surface area contributed by atoms with Crippen LogP contribution in [0.2, 0.25) is 0 Å². The van der Waals surface area contributed by atoms with E-state index in [0.29, 0.717) is 0 Å². The van der Waals surface area contributed by atoms with Crippen molar-refractivity contribution >= 4 is 58.9 Å². The number of anilines is 1. The van der Waals surface area contributed by atoms with E-state index in [0.717, 1.165) is 5.69 Å². The molecule has 0 atom stereocenters. The van der Waals surface area contributed by atoms with Crippen LogP contribution < -0.4 is 27.6 Å². The molecule has 0 aliphatic carbocycles. The minimum absolute atomic E-state index is 0.954. The Labute approximate surface area is 77.7 Å². The zero-order valence-electron chi connectivity index (χ0n) is 8.58. The number of hydrogen-bond donors (Lipinski definition) is 1. The van der Waals surface area contributed by atoms with E-state index < -0.39 is 0 Å². The van der Waals surface area contributed by atoms with Crippen molar-refractivity contribution in [3.8, 4) is 0 Å². The van der Waals surface area contributed by atoms with Crippen molar-refractivity contribution in [1.82, 2.24) is 0 Å². The van der Waals surface area contributed by atoms with E-state index in [1.54, 1.807) is 0 Å². The first kappa shape index (κ1) is 9.37. The van der Waals surface area contributed by atoms with Crippen LogP contribution in [-0.4, -0.2) is 31.4 Å². The van der Waals surface area contributed by atoms with Crippen molar-refractivity contribution in [1.29, 1.82) is 0 Å². The third-order valence-electron chi connectivity index (χ3n) is 3.06. The van der Waals surface area contributed by atoms with Crippen molar-refractivity contribution < 1.29 is 0 Å². The molecule has 5 heteroatoms. The molecule has 0 heterocycles. The summed E-state index contributed by atoms with van der Waals surface area (Å²) < 4.78 is 0. The summed E-state index contributed by atoms with van der Waals surface area (Å²) in [5.74, 6) is 0. The van der Waals surface area contributed by atoms with Crippen LogP contribution in [-0.2, 0) is 0 Å². The molecule has 0 radical (unpaired) electrons. The minimum atomic E-state index is 0.954. The highest BCUT2D eigenvalue weighted by Gasteiger charge is 2.07. The van der Waals surface area contributed by atoms with Gasteiger partial charge < -0.3 is 5.73 Å². The molecular formula is C7H13B4N. The van der Waals surface area contributed by atoms with Crippen LogP contribution in [0, 0.1) is 6.92 Å². The van der Waals surface area contributed by atoms with E-state index in [9.17, 15) is 0 Å². The molecule has 2 N–H and O–H groups in total. The van der Waals surface area contributed by atoms with Crippen LogP contribution in [0.25, 0.3) is 0 Å². The molecule has 1 rings (SSSR count). The van der Waals surface area contributed by atoms with Gasteiger partial charge in [-0.3, -0.25) is 0 Å². The molecule has 0 fully saturated rings. The predicted octanol–water partition coefficient (Wildman–Crippen LogP) is -5.39. The second-order valence-corrected chi connectivity index (χ2v) is 3.54. The second kappa shape index (κ2) is 2.96. The summed E-state index contributed by atoms with van der Waals surface area (Å²) in [6, 6.07) is 0. The largest absolute Gasteiger partial charge is 0.399 e. The monoisotopic (exact) mass is 155 g/mol. The first-order valence-electron chi connectivity index (χ1n) is 4.29. The number of rotatable bonds is 0. The molecule has 1 aromatic carbocycles. The van der Waals surface area contributed by atoms with Gasteiger partial charge in [0.25, 0.3) is 0 Å². The molecule has 0 aromatic heterocycles. The maximum absolute atomic E-state index is 5.95. The number of nitrogen functional groups attached to an aromatic ring is 1. The maximum atomic E-state index is 5.95. The zero-order valence-corrected chi connectivity index (χ0v) is 8.58. The second-order valence-electron chi connectivity index (χ2n) is 3.54. The van der Waals surface area contributed by atoms with Crippen LogP contribution in [0.3, 0.4) is 0 Å². The summed E-state index contributed by atoms with van der Waals surface area (Å²) >= 11 is 0. The molecule has 1 nitrogen and oxygen atoms in total. The topological polar surface area (TPSA) is 26.0 Å². The molecule has 0 amide bonds. The Hall–Kier alpha value is -0.720. The molecule has 58 valence electrons. The fraction of sp³-hybridized carbons (Fsp3) is 0.143. The van der Waals surface area contributed by atoms with E-state index in [1.807, 2.05) is 0 Å². The SMILES string of the molecule is Bc1c(B)c(B)c(N)c(C)c1B. The number of nitrogens with two attached hydrogens (primary N) is 1. The standard InChI is InChI=1S/C7H13B4N/c1-2-3(8)4(9)5(10)6(11)7(2)12/h8-12H2,1H3. The maximum Gasteiger partial charge on any atom is 0.141 e. The summed E-state index contributed by atoms with van der Waals surface area (Å²) in [5.41, 5.74) is 13.4. The van der Waals surface area contributed by atoms with Crippen molar-refractivity contribution in [2.24, 2.45) is 0 Å². The van der Waals surface area contributed by atoms with Crippen LogP contribution in [0.1, 0.15) is 5.56 Å². The van der Waals surface area contributed by atoms with Gasteiger partial charge in [-0.15, -0.1) is 5.46 Å². The fourth-order valence-electron chi connectivity index (χ4n) is 1.53. The van der Waals surface area contributed by atoms with Crippen LogP contribution in [0.15, 0.2) is 0 Å². The first-order chi connectivity index (χ1) is 5.46. The zero-order chi connectivity index (χ0) is 9.46. The number of hydrogen-bond acceptors (Lipinski definition) is 1. The number of benzene rings is 1. The van der Waals surface area contributed by atoms with E-state index in [4.69, 9.17) is 5.73 Å². The van der Waals surface area contributed by atoms with Gasteiger partial charge in [0.1, 0.15) is 31.4 Å². The van der Waals surface area contributed by atoms with Gasteiger partial charge in [-0.2, -0.15) is 0 Å². The Kier molecular flexibility index (Phi) is 2.31. The van der Waals surface area contributed by atoms with Gasteiger partial charge in [-0.25, -0.2) is 0 Å². The van der Waals surface area contributed by atoms with Gasteiger partial charge >= 0.3 is 0 Å². The summed E-state index contributed by atoms with van der Waals surface area (Å²) in [4.78, 5) is 0. The normalized spacial score (nSPS) is 10.1. The highest BCUT2D eigenvalue weighted by atomic mass is 14.6. The highest BCUT2D eigenvalue weighted by molar-refractivity contribution is 6.64. The van der Waals surface area contributed by atoms with Crippen molar-refractivity contribution in [2.45, 2.75) is 6.92 Å². The molecule has 0 aliphatic heterocycles. The first-order valence-corrected chi connectivity index (χ1v) is 4.29. The quantitative estimate of drug-likeness (QED) is 0.293. The van der Waals surface area contributed by atoms with Crippen molar-refractivity contribution in [2.75, 3.05) is 5.73 Å². The van der Waals surface area contributed by atoms with Crippen LogP contribution in [0.4, 0.5) is 5.69 Å². The van der Waals surface area contributed by atoms with Gasteiger partial charge in [-0.1, -0.05) is 16.4 Å². The summed E-state index contributed by atoms with van der Waals surface area (Å²) in [7, 11) is 8.51. The van der Waals surface area contributed by atoms with E-state index in [2.05, 4.69) is 38.3 Å². The molecule has 12 heavy (non-hydrogen) atoms. The van der Waals surface area contributed by atoms with Crippen molar-refractivity contribution in [3.05, 3.63) is 5.56 Å². The Morgan fingerprint density at radius 3 is 1.75 bits per heavy atom. The lowest BCUT2D eigenvalue weighted by Crippen LogP contribution is -2.49. The van der Waals surface area contributed by atoms with Gasteiger partial charge in [-0.05, 0) is 12.5 Å². The third-order valence-corrected chi connectivity index (χ3v) is 3.06. The average molecular weight is 154 g/mol. The lowest BCUT2D eigenvalue weighted by Gasteiger charge is -2.16. The van der Waals surface area contributed by atoms with Gasteiger partial charge in [0, 0.05) is 5.69 Å². The molecule has 0 spiro atoms. The van der Waals surface area contributed by atoms with Gasteiger partial charge in [0.15, 0.2) is 0 Å². The Bertz CT molecular complexity index is 230. The lowest BCUT2D eigenvalue weighted by atomic mass is 9.65. The Morgan fingerprint density at radius 2 is 1.25 bits per heavy atom. The summed E-state index contributed by atoms with van der Waals surface area (Å²) in [5, 5.41) is 0. The fourth-order valence-corrected chi connectivity index (χ4v) is 1.53. The molecule has 0 bridgehead atoms. The predicted molar refractivity (Wildman–Crippen MR) is 68.3 cm³/mol. The van der Waals surface area contributed by atoms with E-state index >= 15 is 0 Å². The molecule has 0 aliphatic rings. The Morgan fingerprint density at radius 1 is 0.833 bits per heavy atom. The van der Waals surface area contributed by atoms with Crippen LogP contribution >= 0.6 is 0 Å².